The number of hydrogen-bond acceptors (Lipinski definition) is 2. The van der Waals surface area contributed by atoms with E-state index < -0.39 is 0 Å². The summed E-state index contributed by atoms with van der Waals surface area (Å²) in [6, 6.07) is 9.27. The molecule has 0 spiro atoms. The Morgan fingerprint density at radius 3 is 2.50 bits per heavy atom. The van der Waals surface area contributed by atoms with Crippen LogP contribution in [0.1, 0.15) is 5.56 Å². The molecule has 0 radical (unpaired) electrons. The third-order valence-corrected chi connectivity index (χ3v) is 3.26. The topological polar surface area (TPSA) is 15.3 Å². The van der Waals surface area contributed by atoms with Gasteiger partial charge in [-0.05, 0) is 24.7 Å². The first-order valence-corrected chi connectivity index (χ1v) is 5.70. The number of benzene rings is 1. The summed E-state index contributed by atoms with van der Waals surface area (Å²) < 4.78 is 1.15. The second-order valence-corrected chi connectivity index (χ2v) is 4.77. The lowest BCUT2D eigenvalue weighted by Gasteiger charge is -2.35. The van der Waals surface area contributed by atoms with Gasteiger partial charge >= 0.3 is 0 Å². The molecule has 1 heterocycles. The lowest BCUT2D eigenvalue weighted by Crippen LogP contribution is -2.55. The van der Waals surface area contributed by atoms with Gasteiger partial charge in [0.25, 0.3) is 0 Å². The zero-order valence-corrected chi connectivity index (χ0v) is 9.92. The number of hydrogen-bond donors (Lipinski definition) is 1. The average molecular weight is 255 g/mol. The van der Waals surface area contributed by atoms with Crippen molar-refractivity contribution in [2.45, 2.75) is 12.6 Å². The van der Waals surface area contributed by atoms with E-state index in [-0.39, 0.29) is 0 Å². The molecule has 14 heavy (non-hydrogen) atoms. The van der Waals surface area contributed by atoms with Gasteiger partial charge in [-0.2, -0.15) is 0 Å². The molecule has 0 unspecified atom stereocenters. The Labute approximate surface area is 93.4 Å². The average Bonchev–Trinajstić information content (AvgIpc) is 2.06. The van der Waals surface area contributed by atoms with E-state index >= 15 is 0 Å². The van der Waals surface area contributed by atoms with Gasteiger partial charge in [-0.25, -0.2) is 0 Å². The van der Waals surface area contributed by atoms with E-state index in [4.69, 9.17) is 0 Å². The van der Waals surface area contributed by atoms with Crippen molar-refractivity contribution in [3.8, 4) is 0 Å². The fraction of sp³-hybridized carbons (Fsp3) is 0.455. The molecule has 0 amide bonds. The van der Waals surface area contributed by atoms with Crippen LogP contribution < -0.4 is 5.32 Å². The SMILES string of the molecule is CN(Cc1ccc(Br)cc1)C1CNC1. The maximum absolute atomic E-state index is 3.44. The highest BCUT2D eigenvalue weighted by molar-refractivity contribution is 9.10. The zero-order chi connectivity index (χ0) is 9.97. The van der Waals surface area contributed by atoms with E-state index in [0.717, 1.165) is 30.1 Å². The van der Waals surface area contributed by atoms with E-state index in [1.807, 2.05) is 0 Å². The van der Waals surface area contributed by atoms with Gasteiger partial charge in [-0.3, -0.25) is 4.90 Å². The normalized spacial score (nSPS) is 17.1. The minimum absolute atomic E-state index is 0.721. The fourth-order valence-electron chi connectivity index (χ4n) is 1.59. The molecule has 1 aromatic carbocycles. The van der Waals surface area contributed by atoms with Crippen LogP contribution in [0.15, 0.2) is 28.7 Å². The highest BCUT2D eigenvalue weighted by Crippen LogP contribution is 2.13. The molecule has 1 saturated heterocycles. The van der Waals surface area contributed by atoms with Gasteiger partial charge in [0.05, 0.1) is 0 Å². The third-order valence-electron chi connectivity index (χ3n) is 2.73. The Balaban J connectivity index is 1.92. The Morgan fingerprint density at radius 1 is 1.36 bits per heavy atom. The molecule has 1 fully saturated rings. The molecule has 2 rings (SSSR count). The Morgan fingerprint density at radius 2 is 2.00 bits per heavy atom. The lowest BCUT2D eigenvalue weighted by atomic mass is 10.1. The number of rotatable bonds is 3. The standard InChI is InChI=1S/C11H15BrN2/c1-14(11-6-13-7-11)8-9-2-4-10(12)5-3-9/h2-5,11,13H,6-8H2,1H3. The van der Waals surface area contributed by atoms with Crippen LogP contribution in [0.2, 0.25) is 0 Å². The summed E-state index contributed by atoms with van der Waals surface area (Å²) in [6.45, 7) is 3.31. The van der Waals surface area contributed by atoms with Gasteiger partial charge in [0.15, 0.2) is 0 Å². The van der Waals surface area contributed by atoms with Gasteiger partial charge in [-0.15, -0.1) is 0 Å². The molecule has 2 nitrogen and oxygen atoms in total. The first-order chi connectivity index (χ1) is 6.75. The van der Waals surface area contributed by atoms with Crippen molar-refractivity contribution in [1.82, 2.24) is 10.2 Å². The first-order valence-electron chi connectivity index (χ1n) is 4.91. The maximum atomic E-state index is 3.44. The Kier molecular flexibility index (Phi) is 3.21. The summed E-state index contributed by atoms with van der Waals surface area (Å²) in [5.41, 5.74) is 1.38. The fourth-order valence-corrected chi connectivity index (χ4v) is 1.86. The van der Waals surface area contributed by atoms with E-state index in [9.17, 15) is 0 Å². The zero-order valence-electron chi connectivity index (χ0n) is 8.33. The minimum Gasteiger partial charge on any atom is -0.314 e. The van der Waals surface area contributed by atoms with Gasteiger partial charge < -0.3 is 5.32 Å². The Hall–Kier alpha value is -0.380. The predicted molar refractivity (Wildman–Crippen MR) is 62.3 cm³/mol. The van der Waals surface area contributed by atoms with Gasteiger partial charge in [0.1, 0.15) is 0 Å². The summed E-state index contributed by atoms with van der Waals surface area (Å²) >= 11 is 3.44. The molecule has 1 aromatic rings. The van der Waals surface area contributed by atoms with Crippen molar-refractivity contribution in [2.75, 3.05) is 20.1 Å². The van der Waals surface area contributed by atoms with Crippen LogP contribution >= 0.6 is 15.9 Å². The quantitative estimate of drug-likeness (QED) is 0.886. The van der Waals surface area contributed by atoms with Crippen molar-refractivity contribution in [1.29, 1.82) is 0 Å². The third kappa shape index (κ3) is 2.35. The predicted octanol–water partition coefficient (Wildman–Crippen LogP) is 1.85. The summed E-state index contributed by atoms with van der Waals surface area (Å²) in [6.07, 6.45) is 0. The van der Waals surface area contributed by atoms with Crippen LogP contribution in [-0.4, -0.2) is 31.1 Å². The van der Waals surface area contributed by atoms with Crippen LogP contribution in [0, 0.1) is 0 Å². The van der Waals surface area contributed by atoms with Crippen LogP contribution in [0.3, 0.4) is 0 Å². The monoisotopic (exact) mass is 254 g/mol. The second kappa shape index (κ2) is 4.43. The lowest BCUT2D eigenvalue weighted by molar-refractivity contribution is 0.173. The molecule has 76 valence electrons. The van der Waals surface area contributed by atoms with Crippen LogP contribution in [-0.2, 0) is 6.54 Å². The van der Waals surface area contributed by atoms with Crippen molar-refractivity contribution < 1.29 is 0 Å². The summed E-state index contributed by atoms with van der Waals surface area (Å²) in [7, 11) is 2.19. The van der Waals surface area contributed by atoms with Crippen molar-refractivity contribution >= 4 is 15.9 Å². The Bertz CT molecular complexity index is 293. The van der Waals surface area contributed by atoms with Crippen LogP contribution in [0.25, 0.3) is 0 Å². The molecule has 0 aromatic heterocycles. The molecule has 0 atom stereocenters. The highest BCUT2D eigenvalue weighted by Gasteiger charge is 2.20. The maximum Gasteiger partial charge on any atom is 0.0345 e. The second-order valence-electron chi connectivity index (χ2n) is 3.85. The molecular weight excluding hydrogens is 240 g/mol. The molecule has 1 aliphatic rings. The van der Waals surface area contributed by atoms with Gasteiger partial charge in [-0.1, -0.05) is 28.1 Å². The molecule has 0 aliphatic carbocycles. The largest absolute Gasteiger partial charge is 0.314 e. The molecular formula is C11H15BrN2. The number of likely N-dealkylation sites (N-methyl/N-ethyl adjacent to an activating group) is 1. The first kappa shape index (κ1) is 10.1. The van der Waals surface area contributed by atoms with Crippen molar-refractivity contribution in [3.05, 3.63) is 34.3 Å². The van der Waals surface area contributed by atoms with Crippen molar-refractivity contribution in [2.24, 2.45) is 0 Å². The van der Waals surface area contributed by atoms with Gasteiger partial charge in [0, 0.05) is 30.1 Å². The number of halogens is 1. The van der Waals surface area contributed by atoms with Crippen molar-refractivity contribution in [3.63, 3.8) is 0 Å². The summed E-state index contributed by atoms with van der Waals surface area (Å²) in [5, 5.41) is 3.29. The molecule has 1 aliphatic heterocycles. The molecule has 0 bridgehead atoms. The smallest absolute Gasteiger partial charge is 0.0345 e. The van der Waals surface area contributed by atoms with E-state index in [2.05, 4.69) is 57.5 Å². The number of nitrogens with zero attached hydrogens (tertiary/aromatic N) is 1. The highest BCUT2D eigenvalue weighted by atomic mass is 79.9. The summed E-state index contributed by atoms with van der Waals surface area (Å²) in [4.78, 5) is 2.40. The van der Waals surface area contributed by atoms with E-state index in [0.29, 0.717) is 0 Å². The van der Waals surface area contributed by atoms with Crippen LogP contribution in [0.5, 0.6) is 0 Å². The van der Waals surface area contributed by atoms with Crippen LogP contribution in [0.4, 0.5) is 0 Å². The van der Waals surface area contributed by atoms with Gasteiger partial charge in [0.2, 0.25) is 0 Å². The summed E-state index contributed by atoms with van der Waals surface area (Å²) in [5.74, 6) is 0. The molecule has 0 saturated carbocycles. The number of nitrogens with one attached hydrogen (secondary N) is 1. The molecule has 3 heteroatoms. The van der Waals surface area contributed by atoms with E-state index in [1.54, 1.807) is 0 Å². The molecule has 1 N–H and O–H groups in total. The minimum atomic E-state index is 0.721. The van der Waals surface area contributed by atoms with E-state index in [1.165, 1.54) is 5.56 Å².